The number of ether oxygens (including phenoxy) is 6. The number of benzene rings is 2. The molecule has 9 heteroatoms. The van der Waals surface area contributed by atoms with Gasteiger partial charge in [-0.3, -0.25) is 0 Å². The standard InChI is InChI=1S/C35H37NO8/c1-18(2)42-29-13-20-11-12-36-33(22(20)15-27(29)40-7)31(21-9-10-24(38-5)26(14-21)39-6)32-23-16-28(41-8)30(43-19(3)4)17-25(23)44-35(37)34(32)36/h9-19,24,26H,1-8H3. The molecule has 0 radical (unpaired) electrons. The van der Waals surface area contributed by atoms with Gasteiger partial charge >= 0.3 is 5.63 Å². The second-order valence-corrected chi connectivity index (χ2v) is 11.3. The Balaban J connectivity index is 1.80. The molecule has 0 amide bonds. The highest BCUT2D eigenvalue weighted by atomic mass is 16.5. The maximum absolute atomic E-state index is 13.9. The highest BCUT2D eigenvalue weighted by molar-refractivity contribution is 6.19. The summed E-state index contributed by atoms with van der Waals surface area (Å²) >= 11 is 0. The predicted octanol–water partition coefficient (Wildman–Crippen LogP) is 6.93. The summed E-state index contributed by atoms with van der Waals surface area (Å²) in [5, 5.41) is 3.24. The average molecular weight is 600 g/mol. The van der Waals surface area contributed by atoms with Crippen LogP contribution in [-0.2, 0) is 9.47 Å². The summed E-state index contributed by atoms with van der Waals surface area (Å²) in [6.45, 7) is 7.81. The van der Waals surface area contributed by atoms with Crippen LogP contribution in [0.25, 0.3) is 43.7 Å². The molecule has 5 aromatic rings. The Morgan fingerprint density at radius 1 is 0.773 bits per heavy atom. The van der Waals surface area contributed by atoms with E-state index in [1.165, 1.54) is 0 Å². The van der Waals surface area contributed by atoms with Gasteiger partial charge in [0.05, 0.1) is 31.9 Å². The van der Waals surface area contributed by atoms with Crippen molar-refractivity contribution in [1.29, 1.82) is 0 Å². The van der Waals surface area contributed by atoms with Gasteiger partial charge in [-0.2, -0.15) is 0 Å². The lowest BCUT2D eigenvalue weighted by Gasteiger charge is -2.24. The topological polar surface area (TPSA) is 90.0 Å². The van der Waals surface area contributed by atoms with E-state index in [1.807, 2.05) is 80.8 Å². The zero-order valence-electron chi connectivity index (χ0n) is 26.2. The summed E-state index contributed by atoms with van der Waals surface area (Å²) < 4.78 is 42.9. The van der Waals surface area contributed by atoms with Gasteiger partial charge < -0.3 is 37.2 Å². The van der Waals surface area contributed by atoms with Gasteiger partial charge in [-0.05, 0) is 69.0 Å². The highest BCUT2D eigenvalue weighted by Crippen LogP contribution is 2.44. The summed E-state index contributed by atoms with van der Waals surface area (Å²) in [4.78, 5) is 13.9. The van der Waals surface area contributed by atoms with E-state index in [0.29, 0.717) is 39.5 Å². The van der Waals surface area contributed by atoms with Crippen LogP contribution in [0, 0.1) is 0 Å². The molecule has 2 aromatic carbocycles. The number of allylic oxidation sites excluding steroid dienone is 2. The van der Waals surface area contributed by atoms with Crippen molar-refractivity contribution in [2.75, 3.05) is 28.4 Å². The summed E-state index contributed by atoms with van der Waals surface area (Å²) in [5.74, 6) is 2.26. The fourth-order valence-corrected chi connectivity index (χ4v) is 6.02. The van der Waals surface area contributed by atoms with Crippen molar-refractivity contribution in [2.45, 2.75) is 52.1 Å². The molecule has 3 aromatic heterocycles. The molecule has 1 aliphatic rings. The summed E-state index contributed by atoms with van der Waals surface area (Å²) in [7, 11) is 6.53. The van der Waals surface area contributed by atoms with Crippen LogP contribution in [0.15, 0.2) is 64.0 Å². The molecule has 2 atom stereocenters. The fourth-order valence-electron chi connectivity index (χ4n) is 6.02. The zero-order valence-corrected chi connectivity index (χ0v) is 26.2. The second-order valence-electron chi connectivity index (χ2n) is 11.3. The number of nitrogens with zero attached hydrogens (tertiary/aromatic N) is 1. The maximum atomic E-state index is 13.9. The molecule has 230 valence electrons. The van der Waals surface area contributed by atoms with E-state index in [4.69, 9.17) is 32.8 Å². The van der Waals surface area contributed by atoms with Gasteiger partial charge in [-0.1, -0.05) is 12.2 Å². The fraction of sp³-hybridized carbons (Fsp3) is 0.343. The van der Waals surface area contributed by atoms with Gasteiger partial charge in [-0.15, -0.1) is 0 Å². The van der Waals surface area contributed by atoms with Gasteiger partial charge in [0, 0.05) is 48.2 Å². The van der Waals surface area contributed by atoms with Crippen LogP contribution in [0.2, 0.25) is 0 Å². The largest absolute Gasteiger partial charge is 0.493 e. The number of aromatic nitrogens is 1. The molecule has 1 aliphatic carbocycles. The SMILES string of the molecule is COc1cc2c(ccn3c2c(C2=CC(OC)C(OC)C=C2)c2c4cc(OC)c(OC(C)C)cc4oc(=O)c23)cc1OC(C)C. The van der Waals surface area contributed by atoms with E-state index in [0.717, 1.165) is 32.8 Å². The molecule has 9 nitrogen and oxygen atoms in total. The van der Waals surface area contributed by atoms with Gasteiger partial charge in [0.15, 0.2) is 23.0 Å². The summed E-state index contributed by atoms with van der Waals surface area (Å²) in [6, 6.07) is 9.49. The minimum absolute atomic E-state index is 0.0377. The van der Waals surface area contributed by atoms with Crippen molar-refractivity contribution in [2.24, 2.45) is 0 Å². The average Bonchev–Trinajstić information content (AvgIpc) is 3.36. The molecule has 0 N–H and O–H groups in total. The molecule has 2 unspecified atom stereocenters. The number of hydrogen-bond donors (Lipinski definition) is 0. The highest BCUT2D eigenvalue weighted by Gasteiger charge is 2.28. The van der Waals surface area contributed by atoms with Crippen molar-refractivity contribution in [1.82, 2.24) is 4.40 Å². The van der Waals surface area contributed by atoms with Crippen molar-refractivity contribution in [3.63, 3.8) is 0 Å². The van der Waals surface area contributed by atoms with Crippen LogP contribution in [0.5, 0.6) is 23.0 Å². The van der Waals surface area contributed by atoms with Crippen molar-refractivity contribution in [3.05, 3.63) is 70.7 Å². The van der Waals surface area contributed by atoms with Crippen LogP contribution in [0.1, 0.15) is 33.3 Å². The molecular formula is C35H37NO8. The number of pyridine rings is 1. The van der Waals surface area contributed by atoms with Gasteiger partial charge in [0.2, 0.25) is 0 Å². The Kier molecular flexibility index (Phi) is 7.77. The molecule has 0 saturated carbocycles. The number of methoxy groups -OCH3 is 4. The second kappa shape index (κ2) is 11.6. The molecule has 0 spiro atoms. The van der Waals surface area contributed by atoms with E-state index in [-0.39, 0.29) is 24.4 Å². The molecule has 3 heterocycles. The number of fused-ring (bicyclic) bond motifs is 7. The third kappa shape index (κ3) is 4.86. The van der Waals surface area contributed by atoms with Gasteiger partial charge in [0.1, 0.15) is 23.3 Å². The predicted molar refractivity (Wildman–Crippen MR) is 172 cm³/mol. The molecule has 6 rings (SSSR count). The number of hydrogen-bond acceptors (Lipinski definition) is 8. The molecule has 0 saturated heterocycles. The molecule has 0 fully saturated rings. The van der Waals surface area contributed by atoms with Gasteiger partial charge in [0.25, 0.3) is 0 Å². The maximum Gasteiger partial charge on any atom is 0.361 e. The Hall–Kier alpha value is -4.47. The number of rotatable bonds is 9. The first-order valence-corrected chi connectivity index (χ1v) is 14.6. The van der Waals surface area contributed by atoms with Crippen LogP contribution < -0.4 is 24.6 Å². The van der Waals surface area contributed by atoms with Crippen LogP contribution in [0.3, 0.4) is 0 Å². The lowest BCUT2D eigenvalue weighted by atomic mass is 9.92. The van der Waals surface area contributed by atoms with E-state index in [1.54, 1.807) is 34.5 Å². The Morgan fingerprint density at radius 2 is 1.41 bits per heavy atom. The minimum atomic E-state index is -0.473. The Labute approximate surface area is 255 Å². The van der Waals surface area contributed by atoms with Crippen LogP contribution in [0.4, 0.5) is 0 Å². The lowest BCUT2D eigenvalue weighted by Crippen LogP contribution is -2.28. The third-order valence-corrected chi connectivity index (χ3v) is 7.82. The Bertz CT molecular complexity index is 2010. The molecule has 44 heavy (non-hydrogen) atoms. The van der Waals surface area contributed by atoms with Crippen LogP contribution >= 0.6 is 0 Å². The quantitative estimate of drug-likeness (QED) is 0.169. The first-order chi connectivity index (χ1) is 21.2. The normalized spacial score (nSPS) is 16.9. The van der Waals surface area contributed by atoms with E-state index in [9.17, 15) is 4.79 Å². The Morgan fingerprint density at radius 3 is 2.02 bits per heavy atom. The molecular weight excluding hydrogens is 562 g/mol. The van der Waals surface area contributed by atoms with Crippen LogP contribution in [-0.4, -0.2) is 57.3 Å². The lowest BCUT2D eigenvalue weighted by molar-refractivity contribution is 0.0144. The van der Waals surface area contributed by atoms with Crippen molar-refractivity contribution in [3.8, 4) is 23.0 Å². The smallest absolute Gasteiger partial charge is 0.361 e. The first-order valence-electron chi connectivity index (χ1n) is 14.6. The van der Waals surface area contributed by atoms with Crippen molar-refractivity contribution < 1.29 is 32.8 Å². The minimum Gasteiger partial charge on any atom is -0.493 e. The van der Waals surface area contributed by atoms with E-state index in [2.05, 4.69) is 0 Å². The zero-order chi connectivity index (χ0) is 31.3. The third-order valence-electron chi connectivity index (χ3n) is 7.82. The van der Waals surface area contributed by atoms with E-state index >= 15 is 0 Å². The molecule has 0 aliphatic heterocycles. The summed E-state index contributed by atoms with van der Waals surface area (Å²) in [5.41, 5.74) is 2.86. The monoisotopic (exact) mass is 599 g/mol. The first kappa shape index (κ1) is 29.6. The van der Waals surface area contributed by atoms with Gasteiger partial charge in [-0.25, -0.2) is 4.79 Å². The molecule has 0 bridgehead atoms. The van der Waals surface area contributed by atoms with Crippen molar-refractivity contribution >= 4 is 43.7 Å². The van der Waals surface area contributed by atoms with E-state index < -0.39 is 5.63 Å². The summed E-state index contributed by atoms with van der Waals surface area (Å²) in [6.07, 6.45) is 7.17.